The fraction of sp³-hybridized carbons (Fsp3) is 0.500. The third-order valence-electron chi connectivity index (χ3n) is 3.72. The van der Waals surface area contributed by atoms with Crippen molar-refractivity contribution in [3.8, 4) is 0 Å². The lowest BCUT2D eigenvalue weighted by molar-refractivity contribution is -0.147. The summed E-state index contributed by atoms with van der Waals surface area (Å²) in [4.78, 5) is 11.7. The van der Waals surface area contributed by atoms with Gasteiger partial charge in [-0.25, -0.2) is 8.42 Å². The topological polar surface area (TPSA) is 92.7 Å². The Morgan fingerprint density at radius 3 is 2.48 bits per heavy atom. The summed E-state index contributed by atoms with van der Waals surface area (Å²) in [5.41, 5.74) is -0.106. The highest BCUT2D eigenvalue weighted by atomic mass is 32.2. The Balaban J connectivity index is 2.39. The van der Waals surface area contributed by atoms with Crippen LogP contribution in [0.5, 0.6) is 0 Å². The van der Waals surface area contributed by atoms with E-state index in [9.17, 15) is 18.3 Å². The van der Waals surface area contributed by atoms with Crippen LogP contribution in [0.2, 0.25) is 0 Å². The van der Waals surface area contributed by atoms with E-state index in [1.54, 1.807) is 26.0 Å². The number of carbonyl (C=O) groups is 1. The first kappa shape index (κ1) is 15.9. The Kier molecular flexibility index (Phi) is 4.36. The second kappa shape index (κ2) is 5.75. The van der Waals surface area contributed by atoms with Crippen molar-refractivity contribution in [2.75, 3.05) is 13.2 Å². The first-order valence-corrected chi connectivity index (χ1v) is 8.17. The molecular weight excluding hydrogens is 294 g/mol. The first-order chi connectivity index (χ1) is 9.77. The SMILES string of the molecule is Cc1ccc(C)c(S(=O)(=O)NC2(C(=O)O)CCOCC2)c1. The molecule has 7 heteroatoms. The molecule has 2 rings (SSSR count). The number of benzene rings is 1. The normalized spacial score (nSPS) is 18.4. The minimum atomic E-state index is -3.90. The van der Waals surface area contributed by atoms with Crippen LogP contribution in [0.15, 0.2) is 23.1 Å². The minimum Gasteiger partial charge on any atom is -0.480 e. The molecule has 0 bridgehead atoms. The van der Waals surface area contributed by atoms with Crippen molar-refractivity contribution in [2.45, 2.75) is 37.1 Å². The van der Waals surface area contributed by atoms with Gasteiger partial charge in [-0.3, -0.25) is 4.79 Å². The number of hydrogen-bond acceptors (Lipinski definition) is 4. The van der Waals surface area contributed by atoms with E-state index >= 15 is 0 Å². The van der Waals surface area contributed by atoms with E-state index < -0.39 is 21.5 Å². The lowest BCUT2D eigenvalue weighted by atomic mass is 9.92. The summed E-state index contributed by atoms with van der Waals surface area (Å²) in [6.07, 6.45) is 0.235. The third-order valence-corrected chi connectivity index (χ3v) is 5.40. The second-order valence-corrected chi connectivity index (χ2v) is 7.02. The molecule has 1 aliphatic rings. The Bertz CT molecular complexity index is 647. The van der Waals surface area contributed by atoms with Gasteiger partial charge >= 0.3 is 5.97 Å². The fourth-order valence-electron chi connectivity index (χ4n) is 2.39. The number of carboxylic acids is 1. The molecule has 1 aliphatic heterocycles. The molecule has 0 amide bonds. The molecule has 0 unspecified atom stereocenters. The highest BCUT2D eigenvalue weighted by Gasteiger charge is 2.44. The van der Waals surface area contributed by atoms with E-state index in [1.165, 1.54) is 0 Å². The van der Waals surface area contributed by atoms with E-state index in [1.807, 2.05) is 6.07 Å². The predicted molar refractivity (Wildman–Crippen MR) is 76.7 cm³/mol. The maximum absolute atomic E-state index is 12.6. The summed E-state index contributed by atoms with van der Waals surface area (Å²) in [6.45, 7) is 3.93. The van der Waals surface area contributed by atoms with Gasteiger partial charge in [-0.15, -0.1) is 0 Å². The Morgan fingerprint density at radius 1 is 1.29 bits per heavy atom. The predicted octanol–water partition coefficient (Wildman–Crippen LogP) is 1.22. The van der Waals surface area contributed by atoms with Gasteiger partial charge in [0.15, 0.2) is 0 Å². The smallest absolute Gasteiger partial charge is 0.325 e. The first-order valence-electron chi connectivity index (χ1n) is 6.69. The maximum atomic E-state index is 12.6. The number of carboxylic acid groups (broad SMARTS) is 1. The van der Waals surface area contributed by atoms with Crippen LogP contribution >= 0.6 is 0 Å². The van der Waals surface area contributed by atoms with Crippen LogP contribution in [0.4, 0.5) is 0 Å². The van der Waals surface area contributed by atoms with Crippen molar-refractivity contribution >= 4 is 16.0 Å². The Morgan fingerprint density at radius 2 is 1.90 bits per heavy atom. The van der Waals surface area contributed by atoms with Crippen LogP contribution < -0.4 is 4.72 Å². The molecule has 0 radical (unpaired) electrons. The van der Waals surface area contributed by atoms with E-state index in [2.05, 4.69) is 4.72 Å². The standard InChI is InChI=1S/C14H19NO5S/c1-10-3-4-11(2)12(9-10)21(18,19)15-14(13(16)17)5-7-20-8-6-14/h3-4,9,15H,5-8H2,1-2H3,(H,16,17). The number of aryl methyl sites for hydroxylation is 2. The molecule has 1 saturated heterocycles. The highest BCUT2D eigenvalue weighted by Crippen LogP contribution is 2.25. The molecule has 0 saturated carbocycles. The molecule has 1 aromatic carbocycles. The average Bonchev–Trinajstić information content (AvgIpc) is 2.42. The van der Waals surface area contributed by atoms with Gasteiger partial charge in [-0.05, 0) is 31.0 Å². The van der Waals surface area contributed by atoms with Gasteiger partial charge in [0.25, 0.3) is 0 Å². The van der Waals surface area contributed by atoms with Gasteiger partial charge in [0.05, 0.1) is 4.90 Å². The van der Waals surface area contributed by atoms with Crippen molar-refractivity contribution in [3.63, 3.8) is 0 Å². The number of rotatable bonds is 4. The lowest BCUT2D eigenvalue weighted by Crippen LogP contribution is -2.57. The average molecular weight is 313 g/mol. The van der Waals surface area contributed by atoms with E-state index in [0.717, 1.165) is 5.56 Å². The number of nitrogens with one attached hydrogen (secondary N) is 1. The molecule has 1 fully saturated rings. The molecular formula is C14H19NO5S. The summed E-state index contributed by atoms with van der Waals surface area (Å²) in [5, 5.41) is 9.44. The van der Waals surface area contributed by atoms with E-state index in [-0.39, 0.29) is 31.0 Å². The van der Waals surface area contributed by atoms with E-state index in [4.69, 9.17) is 4.74 Å². The lowest BCUT2D eigenvalue weighted by Gasteiger charge is -2.33. The molecule has 0 spiro atoms. The second-order valence-electron chi connectivity index (χ2n) is 5.37. The van der Waals surface area contributed by atoms with E-state index in [0.29, 0.717) is 5.56 Å². The molecule has 0 aromatic heterocycles. The Hall–Kier alpha value is -1.44. The van der Waals surface area contributed by atoms with Crippen molar-refractivity contribution in [1.29, 1.82) is 0 Å². The monoisotopic (exact) mass is 313 g/mol. The molecule has 6 nitrogen and oxygen atoms in total. The van der Waals surface area contributed by atoms with Gasteiger partial charge in [0, 0.05) is 26.1 Å². The van der Waals surface area contributed by atoms with Gasteiger partial charge in [0.1, 0.15) is 5.54 Å². The zero-order chi connectivity index (χ0) is 15.7. The van der Waals surface area contributed by atoms with Crippen molar-refractivity contribution in [1.82, 2.24) is 4.72 Å². The minimum absolute atomic E-state index is 0.117. The van der Waals surface area contributed by atoms with Crippen LogP contribution in [0.1, 0.15) is 24.0 Å². The van der Waals surface area contributed by atoms with Crippen molar-refractivity contribution in [3.05, 3.63) is 29.3 Å². The summed E-state index contributed by atoms with van der Waals surface area (Å²) >= 11 is 0. The quantitative estimate of drug-likeness (QED) is 0.872. The summed E-state index contributed by atoms with van der Waals surface area (Å²) < 4.78 is 32.7. The van der Waals surface area contributed by atoms with Crippen LogP contribution in [0.3, 0.4) is 0 Å². The van der Waals surface area contributed by atoms with Gasteiger partial charge in [-0.2, -0.15) is 4.72 Å². The van der Waals surface area contributed by atoms with Gasteiger partial charge in [0.2, 0.25) is 10.0 Å². The van der Waals surface area contributed by atoms with Crippen LogP contribution in [-0.4, -0.2) is 38.2 Å². The molecule has 1 aromatic rings. The maximum Gasteiger partial charge on any atom is 0.325 e. The summed E-state index contributed by atoms with van der Waals surface area (Å²) in [7, 11) is -3.90. The largest absolute Gasteiger partial charge is 0.480 e. The number of aliphatic carboxylic acids is 1. The number of sulfonamides is 1. The van der Waals surface area contributed by atoms with Crippen LogP contribution in [0.25, 0.3) is 0 Å². The van der Waals surface area contributed by atoms with Crippen LogP contribution in [-0.2, 0) is 19.6 Å². The summed E-state index contributed by atoms with van der Waals surface area (Å²) in [5.74, 6) is -1.17. The molecule has 116 valence electrons. The summed E-state index contributed by atoms with van der Waals surface area (Å²) in [6, 6.07) is 5.07. The van der Waals surface area contributed by atoms with Crippen molar-refractivity contribution < 1.29 is 23.1 Å². The van der Waals surface area contributed by atoms with Gasteiger partial charge in [-0.1, -0.05) is 12.1 Å². The number of hydrogen-bond donors (Lipinski definition) is 2. The Labute approximate surface area is 124 Å². The van der Waals surface area contributed by atoms with Crippen LogP contribution in [0, 0.1) is 13.8 Å². The molecule has 0 atom stereocenters. The molecule has 21 heavy (non-hydrogen) atoms. The van der Waals surface area contributed by atoms with Crippen molar-refractivity contribution in [2.24, 2.45) is 0 Å². The fourth-order valence-corrected chi connectivity index (χ4v) is 4.14. The third kappa shape index (κ3) is 3.25. The molecule has 0 aliphatic carbocycles. The molecule has 1 heterocycles. The zero-order valence-electron chi connectivity index (χ0n) is 12.0. The highest BCUT2D eigenvalue weighted by molar-refractivity contribution is 7.89. The molecule has 2 N–H and O–H groups in total. The zero-order valence-corrected chi connectivity index (χ0v) is 12.9. The number of ether oxygens (including phenoxy) is 1. The van der Waals surface area contributed by atoms with Gasteiger partial charge < -0.3 is 9.84 Å².